The molecule has 0 spiro atoms. The summed E-state index contributed by atoms with van der Waals surface area (Å²) in [6.07, 6.45) is 1.47. The van der Waals surface area contributed by atoms with E-state index >= 15 is 0 Å². The van der Waals surface area contributed by atoms with Gasteiger partial charge in [0.15, 0.2) is 6.61 Å². The first-order valence-electron chi connectivity index (χ1n) is 9.54. The van der Waals surface area contributed by atoms with Crippen LogP contribution in [-0.4, -0.2) is 66.5 Å². The van der Waals surface area contributed by atoms with E-state index in [9.17, 15) is 9.59 Å². The number of benzene rings is 1. The smallest absolute Gasteiger partial charge is 0.260 e. The third kappa shape index (κ3) is 5.59. The second-order valence-electron chi connectivity index (χ2n) is 7.41. The van der Waals surface area contributed by atoms with Crippen LogP contribution in [0.4, 0.5) is 0 Å². The van der Waals surface area contributed by atoms with Crippen molar-refractivity contribution in [2.75, 3.05) is 32.8 Å². The van der Waals surface area contributed by atoms with Gasteiger partial charge in [-0.3, -0.25) is 9.59 Å². The number of amides is 2. The topological polar surface area (TPSA) is 61.9 Å². The number of piperazine rings is 1. The number of ether oxygens (including phenoxy) is 1. The number of likely N-dealkylation sites (tertiary alicyclic amines) is 1. The average Bonchev–Trinajstić information content (AvgIpc) is 2.68. The van der Waals surface area contributed by atoms with Crippen molar-refractivity contribution in [1.82, 2.24) is 15.1 Å². The fourth-order valence-corrected chi connectivity index (χ4v) is 3.69. The van der Waals surface area contributed by atoms with Crippen LogP contribution >= 0.6 is 12.4 Å². The Bertz CT molecular complexity index is 620. The molecule has 0 saturated carbocycles. The second kappa shape index (κ2) is 9.95. The van der Waals surface area contributed by atoms with Crippen LogP contribution in [0.1, 0.15) is 26.7 Å². The molecule has 2 saturated heterocycles. The summed E-state index contributed by atoms with van der Waals surface area (Å²) in [7, 11) is 0. The van der Waals surface area contributed by atoms with Crippen molar-refractivity contribution in [2.45, 2.75) is 38.8 Å². The van der Waals surface area contributed by atoms with Gasteiger partial charge in [0.25, 0.3) is 5.91 Å². The molecule has 6 nitrogen and oxygen atoms in total. The Morgan fingerprint density at radius 3 is 2.48 bits per heavy atom. The normalized spacial score (nSPS) is 23.5. The lowest BCUT2D eigenvalue weighted by molar-refractivity contribution is -0.144. The Morgan fingerprint density at radius 2 is 1.81 bits per heavy atom. The molecule has 1 N–H and O–H groups in total. The van der Waals surface area contributed by atoms with E-state index in [1.807, 2.05) is 40.1 Å². The average molecular weight is 396 g/mol. The summed E-state index contributed by atoms with van der Waals surface area (Å²) in [4.78, 5) is 29.0. The number of nitrogens with one attached hydrogen (secondary N) is 1. The number of hydrogen-bond donors (Lipinski definition) is 1. The summed E-state index contributed by atoms with van der Waals surface area (Å²) >= 11 is 0. The molecule has 3 rings (SSSR count). The number of rotatable bonds is 4. The first-order valence-corrected chi connectivity index (χ1v) is 9.54. The van der Waals surface area contributed by atoms with Gasteiger partial charge < -0.3 is 19.9 Å². The lowest BCUT2D eigenvalue weighted by Gasteiger charge is -2.41. The van der Waals surface area contributed by atoms with Crippen LogP contribution in [0.25, 0.3) is 0 Å². The highest BCUT2D eigenvalue weighted by Crippen LogP contribution is 2.22. The summed E-state index contributed by atoms with van der Waals surface area (Å²) in [6, 6.07) is 9.94. The molecule has 0 aliphatic carbocycles. The Kier molecular flexibility index (Phi) is 7.92. The van der Waals surface area contributed by atoms with Gasteiger partial charge in [-0.05, 0) is 38.8 Å². The van der Waals surface area contributed by atoms with E-state index in [2.05, 4.69) is 19.2 Å². The molecule has 27 heavy (non-hydrogen) atoms. The van der Waals surface area contributed by atoms with Gasteiger partial charge in [-0.15, -0.1) is 12.4 Å². The molecule has 1 aromatic carbocycles. The Balaban J connectivity index is 0.00000261. The van der Waals surface area contributed by atoms with Gasteiger partial charge in [0.1, 0.15) is 5.75 Å². The minimum absolute atomic E-state index is 0. The molecule has 2 atom stereocenters. The van der Waals surface area contributed by atoms with Gasteiger partial charge in [0, 0.05) is 44.2 Å². The minimum Gasteiger partial charge on any atom is -0.484 e. The Morgan fingerprint density at radius 1 is 1.15 bits per heavy atom. The van der Waals surface area contributed by atoms with Gasteiger partial charge in [-0.2, -0.15) is 0 Å². The van der Waals surface area contributed by atoms with Crippen molar-refractivity contribution in [2.24, 2.45) is 5.92 Å². The fraction of sp³-hybridized carbons (Fsp3) is 0.600. The van der Waals surface area contributed by atoms with Gasteiger partial charge >= 0.3 is 0 Å². The molecule has 2 heterocycles. The van der Waals surface area contributed by atoms with Crippen molar-refractivity contribution in [3.05, 3.63) is 30.3 Å². The number of hydrogen-bond acceptors (Lipinski definition) is 4. The molecule has 2 amide bonds. The quantitative estimate of drug-likeness (QED) is 0.846. The standard InChI is InChI=1S/C20H29N3O3.ClH/c1-15-13-23(16(2)12-21-15)20(25)17-8-10-22(11-9-17)19(24)14-26-18-6-4-3-5-7-18;/h3-7,15-17,21H,8-14H2,1-2H3;1H/t15-,16+;/m0./s1. The molecule has 0 bridgehead atoms. The molecule has 150 valence electrons. The summed E-state index contributed by atoms with van der Waals surface area (Å²) < 4.78 is 5.54. The van der Waals surface area contributed by atoms with Crippen LogP contribution in [0.15, 0.2) is 30.3 Å². The van der Waals surface area contributed by atoms with Crippen LogP contribution in [-0.2, 0) is 9.59 Å². The number of nitrogens with zero attached hydrogens (tertiary/aromatic N) is 2. The predicted molar refractivity (Wildman–Crippen MR) is 107 cm³/mol. The molecule has 7 heteroatoms. The minimum atomic E-state index is -0.0103. The van der Waals surface area contributed by atoms with Crippen LogP contribution in [0.3, 0.4) is 0 Å². The molecule has 2 aliphatic heterocycles. The maximum Gasteiger partial charge on any atom is 0.260 e. The van der Waals surface area contributed by atoms with Crippen LogP contribution < -0.4 is 10.1 Å². The van der Waals surface area contributed by atoms with Crippen molar-refractivity contribution in [3.8, 4) is 5.75 Å². The van der Waals surface area contributed by atoms with E-state index < -0.39 is 0 Å². The molecule has 1 aromatic rings. The monoisotopic (exact) mass is 395 g/mol. The first kappa shape index (κ1) is 21.5. The Labute approximate surface area is 167 Å². The zero-order chi connectivity index (χ0) is 18.5. The van der Waals surface area contributed by atoms with Gasteiger partial charge in [0.2, 0.25) is 5.91 Å². The third-order valence-electron chi connectivity index (χ3n) is 5.35. The van der Waals surface area contributed by atoms with Crippen LogP contribution in [0.2, 0.25) is 0 Å². The zero-order valence-electron chi connectivity index (χ0n) is 16.1. The maximum absolute atomic E-state index is 12.9. The molecule has 0 aromatic heterocycles. The molecule has 0 unspecified atom stereocenters. The van der Waals surface area contributed by atoms with Crippen LogP contribution in [0.5, 0.6) is 5.75 Å². The number of para-hydroxylation sites is 1. The SMILES string of the molecule is C[C@@H]1CN[C@@H](C)CN1C(=O)C1CCN(C(=O)COc2ccccc2)CC1.Cl. The maximum atomic E-state index is 12.9. The largest absolute Gasteiger partial charge is 0.484 e. The summed E-state index contributed by atoms with van der Waals surface area (Å²) in [5.74, 6) is 0.969. The van der Waals surface area contributed by atoms with Crippen LogP contribution in [0, 0.1) is 5.92 Å². The third-order valence-corrected chi connectivity index (χ3v) is 5.35. The molecule has 0 radical (unpaired) electrons. The number of piperidine rings is 1. The summed E-state index contributed by atoms with van der Waals surface area (Å²) in [5.41, 5.74) is 0. The van der Waals surface area contributed by atoms with Crippen molar-refractivity contribution in [1.29, 1.82) is 0 Å². The van der Waals surface area contributed by atoms with Gasteiger partial charge in [0.05, 0.1) is 0 Å². The molecule has 2 fully saturated rings. The van der Waals surface area contributed by atoms with Gasteiger partial charge in [-0.1, -0.05) is 18.2 Å². The lowest BCUT2D eigenvalue weighted by Crippen LogP contribution is -2.58. The predicted octanol–water partition coefficient (Wildman–Crippen LogP) is 1.93. The van der Waals surface area contributed by atoms with E-state index in [0.717, 1.165) is 25.9 Å². The van der Waals surface area contributed by atoms with Crippen molar-refractivity contribution in [3.63, 3.8) is 0 Å². The summed E-state index contributed by atoms with van der Waals surface area (Å²) in [5, 5.41) is 3.41. The van der Waals surface area contributed by atoms with Crippen molar-refractivity contribution >= 4 is 24.2 Å². The van der Waals surface area contributed by atoms with E-state index in [1.165, 1.54) is 0 Å². The highest BCUT2D eigenvalue weighted by molar-refractivity contribution is 5.85. The lowest BCUT2D eigenvalue weighted by atomic mass is 9.94. The number of carbonyl (C=O) groups is 2. The number of halogens is 1. The second-order valence-corrected chi connectivity index (χ2v) is 7.41. The van der Waals surface area contributed by atoms with E-state index in [-0.39, 0.29) is 42.8 Å². The molecule has 2 aliphatic rings. The fourth-order valence-electron chi connectivity index (χ4n) is 3.69. The highest BCUT2D eigenvalue weighted by atomic mass is 35.5. The molecular formula is C20H30ClN3O3. The first-order chi connectivity index (χ1) is 12.5. The van der Waals surface area contributed by atoms with E-state index in [1.54, 1.807) is 0 Å². The Hall–Kier alpha value is -1.79. The summed E-state index contributed by atoms with van der Waals surface area (Å²) in [6.45, 7) is 7.13. The number of carbonyl (C=O) groups excluding carboxylic acids is 2. The van der Waals surface area contributed by atoms with E-state index in [4.69, 9.17) is 4.74 Å². The van der Waals surface area contributed by atoms with Gasteiger partial charge in [-0.25, -0.2) is 0 Å². The molecular weight excluding hydrogens is 366 g/mol. The highest BCUT2D eigenvalue weighted by Gasteiger charge is 2.34. The zero-order valence-corrected chi connectivity index (χ0v) is 16.9. The van der Waals surface area contributed by atoms with Crippen molar-refractivity contribution < 1.29 is 14.3 Å². The van der Waals surface area contributed by atoms with E-state index in [0.29, 0.717) is 24.9 Å².